The van der Waals surface area contributed by atoms with Gasteiger partial charge in [0.15, 0.2) is 0 Å². The number of aliphatic carboxylic acids is 2. The number of carbonyl (C=O) groups is 2. The molecular weight excluding hydrogens is 372 g/mol. The van der Waals surface area contributed by atoms with E-state index in [0.29, 0.717) is 12.8 Å². The predicted molar refractivity (Wildman–Crippen MR) is 115 cm³/mol. The Bertz CT molecular complexity index is 629. The van der Waals surface area contributed by atoms with Crippen LogP contribution >= 0.6 is 0 Å². The Hall–Kier alpha value is -1.72. The van der Waals surface area contributed by atoms with Crippen LogP contribution in [0.2, 0.25) is 0 Å². The number of rotatable bonds is 9. The van der Waals surface area contributed by atoms with Crippen LogP contribution in [-0.4, -0.2) is 32.4 Å². The molecule has 29 heavy (non-hydrogen) atoms. The highest BCUT2D eigenvalue weighted by Crippen LogP contribution is 2.49. The van der Waals surface area contributed by atoms with Crippen molar-refractivity contribution in [2.45, 2.75) is 88.5 Å². The average molecular weight is 415 g/mol. The fourth-order valence-corrected chi connectivity index (χ4v) is 5.02. The van der Waals surface area contributed by atoms with Gasteiger partial charge in [-0.25, -0.2) is 0 Å². The SMILES string of the molecule is CC(C)(C)CC(C)(C)/C(O)=C(\O)C(C(CC(=O)O)C(=O)O)C(C)(C)CC(C)(C)C. The summed E-state index contributed by atoms with van der Waals surface area (Å²) in [4.78, 5) is 23.4. The quantitative estimate of drug-likeness (QED) is 0.342. The first-order chi connectivity index (χ1) is 12.6. The molecule has 0 saturated heterocycles. The zero-order valence-electron chi connectivity index (χ0n) is 19.9. The minimum atomic E-state index is -1.36. The van der Waals surface area contributed by atoms with E-state index in [4.69, 9.17) is 0 Å². The highest BCUT2D eigenvalue weighted by atomic mass is 16.4. The Kier molecular flexibility index (Phi) is 8.43. The van der Waals surface area contributed by atoms with Crippen molar-refractivity contribution in [1.82, 2.24) is 0 Å². The number of carboxylic acid groups (broad SMARTS) is 2. The number of carboxylic acids is 2. The van der Waals surface area contributed by atoms with Crippen molar-refractivity contribution in [1.29, 1.82) is 0 Å². The Labute approximate surface area is 176 Å². The maximum Gasteiger partial charge on any atom is 0.307 e. The standard InChI is InChI=1S/C23H42O6/c1-20(2,3)12-22(7,8)16(14(19(28)29)11-15(24)25)17(26)18(27)23(9,10)13-21(4,5)6/h14,16,26-27H,11-13H2,1-10H3,(H,24,25)(H,28,29)/b18-17+. The molecule has 4 N–H and O–H groups in total. The van der Waals surface area contributed by atoms with Gasteiger partial charge in [0.25, 0.3) is 0 Å². The van der Waals surface area contributed by atoms with Gasteiger partial charge in [0.1, 0.15) is 11.5 Å². The van der Waals surface area contributed by atoms with Crippen molar-refractivity contribution in [2.75, 3.05) is 0 Å². The predicted octanol–water partition coefficient (Wildman–Crippen LogP) is 6.03. The normalized spacial score (nSPS) is 16.8. The Morgan fingerprint density at radius 3 is 1.45 bits per heavy atom. The largest absolute Gasteiger partial charge is 0.508 e. The van der Waals surface area contributed by atoms with E-state index < -0.39 is 46.8 Å². The van der Waals surface area contributed by atoms with Crippen molar-refractivity contribution in [3.63, 3.8) is 0 Å². The molecule has 0 radical (unpaired) electrons. The number of hydrogen-bond acceptors (Lipinski definition) is 4. The van der Waals surface area contributed by atoms with E-state index in [-0.39, 0.29) is 16.6 Å². The van der Waals surface area contributed by atoms with Crippen LogP contribution in [0.15, 0.2) is 11.5 Å². The van der Waals surface area contributed by atoms with Gasteiger partial charge in [0, 0.05) is 11.3 Å². The van der Waals surface area contributed by atoms with Crippen molar-refractivity contribution in [2.24, 2.45) is 33.5 Å². The lowest BCUT2D eigenvalue weighted by atomic mass is 9.62. The molecule has 2 atom stereocenters. The van der Waals surface area contributed by atoms with Crippen molar-refractivity contribution in [3.8, 4) is 0 Å². The average Bonchev–Trinajstić information content (AvgIpc) is 2.39. The van der Waals surface area contributed by atoms with Crippen LogP contribution in [0.1, 0.15) is 88.5 Å². The van der Waals surface area contributed by atoms with Crippen LogP contribution < -0.4 is 0 Å². The van der Waals surface area contributed by atoms with Crippen LogP contribution in [0.4, 0.5) is 0 Å². The zero-order chi connectivity index (χ0) is 23.6. The lowest BCUT2D eigenvalue weighted by Gasteiger charge is -2.42. The molecule has 6 heteroatoms. The summed E-state index contributed by atoms with van der Waals surface area (Å²) in [7, 11) is 0. The van der Waals surface area contributed by atoms with Crippen LogP contribution in [-0.2, 0) is 9.59 Å². The first kappa shape index (κ1) is 27.3. The fraction of sp³-hybridized carbons (Fsp3) is 0.826. The fourth-order valence-electron chi connectivity index (χ4n) is 5.02. The second-order valence-corrected chi connectivity index (χ2v) is 12.1. The number of allylic oxidation sites excluding steroid dienone is 2. The summed E-state index contributed by atoms with van der Waals surface area (Å²) in [5.74, 6) is -5.65. The van der Waals surface area contributed by atoms with Gasteiger partial charge in [-0.05, 0) is 29.1 Å². The highest BCUT2D eigenvalue weighted by Gasteiger charge is 2.47. The van der Waals surface area contributed by atoms with E-state index >= 15 is 0 Å². The van der Waals surface area contributed by atoms with E-state index in [1.807, 2.05) is 55.4 Å². The van der Waals surface area contributed by atoms with Crippen LogP contribution in [0, 0.1) is 33.5 Å². The molecule has 170 valence electrons. The van der Waals surface area contributed by atoms with E-state index in [1.165, 1.54) is 0 Å². The summed E-state index contributed by atoms with van der Waals surface area (Å²) in [5.41, 5.74) is -1.90. The van der Waals surface area contributed by atoms with Gasteiger partial charge in [0.05, 0.1) is 12.3 Å². The number of hydrogen-bond donors (Lipinski definition) is 4. The van der Waals surface area contributed by atoms with Gasteiger partial charge >= 0.3 is 11.9 Å². The van der Waals surface area contributed by atoms with Gasteiger partial charge in [-0.1, -0.05) is 69.2 Å². The smallest absolute Gasteiger partial charge is 0.307 e. The Morgan fingerprint density at radius 1 is 0.724 bits per heavy atom. The minimum absolute atomic E-state index is 0.137. The van der Waals surface area contributed by atoms with E-state index in [2.05, 4.69) is 0 Å². The molecule has 0 bridgehead atoms. The number of aliphatic hydroxyl groups is 2. The molecule has 6 nitrogen and oxygen atoms in total. The van der Waals surface area contributed by atoms with E-state index in [9.17, 15) is 30.0 Å². The van der Waals surface area contributed by atoms with Crippen LogP contribution in [0.25, 0.3) is 0 Å². The molecule has 0 aliphatic heterocycles. The third-order valence-electron chi connectivity index (χ3n) is 5.09. The third kappa shape index (κ3) is 8.67. The molecule has 0 aliphatic rings. The van der Waals surface area contributed by atoms with E-state index in [0.717, 1.165) is 0 Å². The third-order valence-corrected chi connectivity index (χ3v) is 5.09. The molecule has 0 spiro atoms. The first-order valence-electron chi connectivity index (χ1n) is 10.2. The lowest BCUT2D eigenvalue weighted by Crippen LogP contribution is -2.41. The molecule has 0 aromatic carbocycles. The van der Waals surface area contributed by atoms with Gasteiger partial charge in [-0.3, -0.25) is 9.59 Å². The van der Waals surface area contributed by atoms with Crippen molar-refractivity contribution >= 4 is 11.9 Å². The molecule has 0 aliphatic carbocycles. The number of aliphatic hydroxyl groups excluding tert-OH is 2. The van der Waals surface area contributed by atoms with Gasteiger partial charge in [-0.2, -0.15) is 0 Å². The molecule has 0 fully saturated rings. The summed E-state index contributed by atoms with van der Waals surface area (Å²) in [6.07, 6.45) is 0.453. The molecule has 0 saturated carbocycles. The molecule has 0 amide bonds. The van der Waals surface area contributed by atoms with Crippen LogP contribution in [0.5, 0.6) is 0 Å². The van der Waals surface area contributed by atoms with Crippen LogP contribution in [0.3, 0.4) is 0 Å². The topological polar surface area (TPSA) is 115 Å². The zero-order valence-corrected chi connectivity index (χ0v) is 19.9. The van der Waals surface area contributed by atoms with Gasteiger partial charge < -0.3 is 20.4 Å². The molecule has 2 unspecified atom stereocenters. The summed E-state index contributed by atoms with van der Waals surface area (Å²) in [5, 5.41) is 41.2. The monoisotopic (exact) mass is 414 g/mol. The lowest BCUT2D eigenvalue weighted by molar-refractivity contribution is -0.152. The van der Waals surface area contributed by atoms with Gasteiger partial charge in [0.2, 0.25) is 0 Å². The first-order valence-corrected chi connectivity index (χ1v) is 10.2. The van der Waals surface area contributed by atoms with Crippen molar-refractivity contribution in [3.05, 3.63) is 11.5 Å². The Balaban J connectivity index is 6.62. The summed E-state index contributed by atoms with van der Waals surface area (Å²) < 4.78 is 0. The maximum absolute atomic E-state index is 12.0. The second-order valence-electron chi connectivity index (χ2n) is 12.1. The molecule has 0 aromatic heterocycles. The van der Waals surface area contributed by atoms with E-state index in [1.54, 1.807) is 13.8 Å². The summed E-state index contributed by atoms with van der Waals surface area (Å²) in [6, 6.07) is 0. The summed E-state index contributed by atoms with van der Waals surface area (Å²) >= 11 is 0. The molecule has 0 aromatic rings. The maximum atomic E-state index is 12.0. The van der Waals surface area contributed by atoms with Crippen molar-refractivity contribution < 1.29 is 30.0 Å². The molecule has 0 heterocycles. The highest BCUT2D eigenvalue weighted by molar-refractivity contribution is 5.78. The summed E-state index contributed by atoms with van der Waals surface area (Å²) in [6.45, 7) is 19.3. The minimum Gasteiger partial charge on any atom is -0.508 e. The van der Waals surface area contributed by atoms with Gasteiger partial charge in [-0.15, -0.1) is 0 Å². The second kappa shape index (κ2) is 8.97. The Morgan fingerprint density at radius 2 is 1.14 bits per heavy atom. The molecule has 0 rings (SSSR count). The molecular formula is C23H42O6.